The number of carbonyl (C=O) groups excluding carboxylic acids is 1. The number of amides is 1. The van der Waals surface area contributed by atoms with Gasteiger partial charge in [0.15, 0.2) is 5.96 Å². The molecular formula is C18H34N4O3. The molecule has 0 bridgehead atoms. The Balaban J connectivity index is 1.62. The molecule has 2 aliphatic rings. The van der Waals surface area contributed by atoms with E-state index >= 15 is 0 Å². The molecule has 25 heavy (non-hydrogen) atoms. The van der Waals surface area contributed by atoms with Crippen molar-refractivity contribution in [3.05, 3.63) is 0 Å². The van der Waals surface area contributed by atoms with Crippen molar-refractivity contribution in [3.8, 4) is 0 Å². The first-order valence-electron chi connectivity index (χ1n) is 9.49. The molecule has 144 valence electrons. The van der Waals surface area contributed by atoms with Gasteiger partial charge in [-0.25, -0.2) is 4.79 Å². The van der Waals surface area contributed by atoms with E-state index in [4.69, 9.17) is 15.2 Å². The van der Waals surface area contributed by atoms with E-state index in [1.165, 1.54) is 25.7 Å². The van der Waals surface area contributed by atoms with Gasteiger partial charge >= 0.3 is 6.09 Å². The lowest BCUT2D eigenvalue weighted by molar-refractivity contribution is 0.0186. The van der Waals surface area contributed by atoms with Crippen molar-refractivity contribution in [1.29, 1.82) is 0 Å². The maximum atomic E-state index is 12.1. The average Bonchev–Trinajstić information content (AvgIpc) is 3.06. The van der Waals surface area contributed by atoms with E-state index in [1.807, 2.05) is 25.7 Å². The second-order valence-corrected chi connectivity index (χ2v) is 7.83. The van der Waals surface area contributed by atoms with Crippen LogP contribution in [-0.4, -0.2) is 72.9 Å². The van der Waals surface area contributed by atoms with Crippen LogP contribution in [0.2, 0.25) is 0 Å². The molecule has 7 nitrogen and oxygen atoms in total. The lowest BCUT2D eigenvalue weighted by atomic mass is 10.2. The topological polar surface area (TPSA) is 80.4 Å². The highest BCUT2D eigenvalue weighted by atomic mass is 16.6. The number of ether oxygens (including phenoxy) is 2. The van der Waals surface area contributed by atoms with Crippen molar-refractivity contribution in [2.75, 3.05) is 39.3 Å². The zero-order valence-electron chi connectivity index (χ0n) is 16.0. The van der Waals surface area contributed by atoms with Crippen molar-refractivity contribution < 1.29 is 14.3 Å². The van der Waals surface area contributed by atoms with Gasteiger partial charge in [0.05, 0.1) is 6.10 Å². The predicted octanol–water partition coefficient (Wildman–Crippen LogP) is 2.20. The highest BCUT2D eigenvalue weighted by molar-refractivity contribution is 5.78. The summed E-state index contributed by atoms with van der Waals surface area (Å²) < 4.78 is 11.2. The summed E-state index contributed by atoms with van der Waals surface area (Å²) in [6, 6.07) is 0. The number of guanidine groups is 1. The van der Waals surface area contributed by atoms with Gasteiger partial charge in [-0.3, -0.25) is 4.99 Å². The molecule has 0 aromatic heterocycles. The molecule has 7 heteroatoms. The predicted molar refractivity (Wildman–Crippen MR) is 98.7 cm³/mol. The summed E-state index contributed by atoms with van der Waals surface area (Å²) in [6.45, 7) is 9.66. The smallest absolute Gasteiger partial charge is 0.410 e. The molecule has 1 saturated carbocycles. The Kier molecular flexibility index (Phi) is 7.35. The summed E-state index contributed by atoms with van der Waals surface area (Å²) in [5.74, 6) is 0.560. The van der Waals surface area contributed by atoms with Crippen LogP contribution in [0.3, 0.4) is 0 Å². The fraction of sp³-hybridized carbons (Fsp3) is 0.889. The number of carbonyl (C=O) groups is 1. The van der Waals surface area contributed by atoms with E-state index in [1.54, 1.807) is 4.90 Å². The molecule has 1 amide bonds. The highest BCUT2D eigenvalue weighted by Crippen LogP contribution is 2.20. The minimum Gasteiger partial charge on any atom is -0.444 e. The van der Waals surface area contributed by atoms with Crippen LogP contribution in [0.5, 0.6) is 0 Å². The first-order valence-corrected chi connectivity index (χ1v) is 9.49. The van der Waals surface area contributed by atoms with Gasteiger partial charge in [0.1, 0.15) is 5.60 Å². The van der Waals surface area contributed by atoms with Gasteiger partial charge in [-0.05, 0) is 40.0 Å². The van der Waals surface area contributed by atoms with Crippen molar-refractivity contribution in [3.63, 3.8) is 0 Å². The van der Waals surface area contributed by atoms with Gasteiger partial charge in [-0.15, -0.1) is 0 Å². The SMILES string of the molecule is CC(C)(C)OC(=O)N1CCN(C(N)=NCCCOC2CCCC2)CC1. The Hall–Kier alpha value is -1.50. The van der Waals surface area contributed by atoms with E-state index in [0.29, 0.717) is 44.8 Å². The zero-order chi connectivity index (χ0) is 18.3. The third-order valence-electron chi connectivity index (χ3n) is 4.49. The summed E-state index contributed by atoms with van der Waals surface area (Å²) >= 11 is 0. The molecule has 1 aliphatic heterocycles. The third-order valence-corrected chi connectivity index (χ3v) is 4.49. The number of aliphatic imine (C=N–C) groups is 1. The maximum absolute atomic E-state index is 12.1. The molecule has 1 aliphatic carbocycles. The van der Waals surface area contributed by atoms with Gasteiger partial charge in [0.25, 0.3) is 0 Å². The molecule has 1 saturated heterocycles. The van der Waals surface area contributed by atoms with Crippen molar-refractivity contribution in [2.24, 2.45) is 10.7 Å². The molecule has 2 rings (SSSR count). The van der Waals surface area contributed by atoms with Gasteiger partial charge in [0, 0.05) is 39.3 Å². The highest BCUT2D eigenvalue weighted by Gasteiger charge is 2.26. The fourth-order valence-corrected chi connectivity index (χ4v) is 3.11. The second kappa shape index (κ2) is 9.27. The molecular weight excluding hydrogens is 320 g/mol. The lowest BCUT2D eigenvalue weighted by Crippen LogP contribution is -2.53. The number of hydrogen-bond donors (Lipinski definition) is 1. The van der Waals surface area contributed by atoms with E-state index in [9.17, 15) is 4.79 Å². The van der Waals surface area contributed by atoms with Crippen LogP contribution in [0.4, 0.5) is 4.79 Å². The second-order valence-electron chi connectivity index (χ2n) is 7.83. The van der Waals surface area contributed by atoms with Crippen LogP contribution < -0.4 is 5.73 Å². The average molecular weight is 354 g/mol. The van der Waals surface area contributed by atoms with E-state index in [-0.39, 0.29) is 6.09 Å². The Labute approximate surface area is 151 Å². The molecule has 1 heterocycles. The van der Waals surface area contributed by atoms with Gasteiger partial charge in [-0.1, -0.05) is 12.8 Å². The van der Waals surface area contributed by atoms with Crippen LogP contribution >= 0.6 is 0 Å². The Morgan fingerprint density at radius 3 is 2.32 bits per heavy atom. The molecule has 2 N–H and O–H groups in total. The molecule has 0 aromatic rings. The molecule has 0 unspecified atom stereocenters. The fourth-order valence-electron chi connectivity index (χ4n) is 3.11. The summed E-state index contributed by atoms with van der Waals surface area (Å²) in [5.41, 5.74) is 5.61. The summed E-state index contributed by atoms with van der Waals surface area (Å²) in [5, 5.41) is 0. The number of nitrogens with two attached hydrogens (primary N) is 1. The maximum Gasteiger partial charge on any atom is 0.410 e. The molecule has 0 atom stereocenters. The summed E-state index contributed by atoms with van der Waals surface area (Å²) in [4.78, 5) is 20.3. The molecule has 0 aromatic carbocycles. The first kappa shape index (κ1) is 19.8. The zero-order valence-corrected chi connectivity index (χ0v) is 16.0. The van der Waals surface area contributed by atoms with Crippen LogP contribution in [0.25, 0.3) is 0 Å². The van der Waals surface area contributed by atoms with Crippen LogP contribution in [0.1, 0.15) is 52.9 Å². The largest absolute Gasteiger partial charge is 0.444 e. The molecule has 0 radical (unpaired) electrons. The summed E-state index contributed by atoms with van der Waals surface area (Å²) in [6.07, 6.45) is 6.10. The van der Waals surface area contributed by atoms with E-state index in [0.717, 1.165) is 13.0 Å². The van der Waals surface area contributed by atoms with Crippen LogP contribution in [0.15, 0.2) is 4.99 Å². The minimum absolute atomic E-state index is 0.258. The summed E-state index contributed by atoms with van der Waals surface area (Å²) in [7, 11) is 0. The van der Waals surface area contributed by atoms with Crippen molar-refractivity contribution >= 4 is 12.1 Å². The lowest BCUT2D eigenvalue weighted by Gasteiger charge is -2.36. The van der Waals surface area contributed by atoms with Crippen LogP contribution in [0, 0.1) is 0 Å². The minimum atomic E-state index is -0.463. The Morgan fingerprint density at radius 2 is 1.72 bits per heavy atom. The Bertz CT molecular complexity index is 448. The number of nitrogens with zero attached hydrogens (tertiary/aromatic N) is 3. The van der Waals surface area contributed by atoms with Gasteiger partial charge in [-0.2, -0.15) is 0 Å². The number of hydrogen-bond acceptors (Lipinski definition) is 4. The van der Waals surface area contributed by atoms with E-state index < -0.39 is 5.60 Å². The van der Waals surface area contributed by atoms with Crippen LogP contribution in [-0.2, 0) is 9.47 Å². The van der Waals surface area contributed by atoms with Gasteiger partial charge < -0.3 is 25.0 Å². The monoisotopic (exact) mass is 354 g/mol. The molecule has 0 spiro atoms. The third kappa shape index (κ3) is 7.10. The Morgan fingerprint density at radius 1 is 1.12 bits per heavy atom. The van der Waals surface area contributed by atoms with E-state index in [2.05, 4.69) is 4.99 Å². The molecule has 2 fully saturated rings. The van der Waals surface area contributed by atoms with Crippen molar-refractivity contribution in [1.82, 2.24) is 9.80 Å². The van der Waals surface area contributed by atoms with Gasteiger partial charge in [0.2, 0.25) is 0 Å². The van der Waals surface area contributed by atoms with Crippen molar-refractivity contribution in [2.45, 2.75) is 64.6 Å². The normalized spacial score (nSPS) is 20.2. The first-order chi connectivity index (χ1) is 11.8. The standard InChI is InChI=1S/C18H34N4O3/c1-18(2,3)25-17(23)22-12-10-21(11-13-22)16(19)20-9-6-14-24-15-7-4-5-8-15/h15H,4-14H2,1-3H3,(H2,19,20). The number of piperazine rings is 1. The quantitative estimate of drug-likeness (QED) is 0.465. The number of rotatable bonds is 5.